The second-order valence-corrected chi connectivity index (χ2v) is 5.09. The topological polar surface area (TPSA) is 46.5 Å². The van der Waals surface area contributed by atoms with Crippen LogP contribution >= 0.6 is 0 Å². The van der Waals surface area contributed by atoms with Gasteiger partial charge in [-0.25, -0.2) is 0 Å². The van der Waals surface area contributed by atoms with Gasteiger partial charge < -0.3 is 9.84 Å². The summed E-state index contributed by atoms with van der Waals surface area (Å²) in [5.41, 5.74) is -0.394. The summed E-state index contributed by atoms with van der Waals surface area (Å²) in [6.45, 7) is 5.83. The maximum Gasteiger partial charge on any atom is 0.309 e. The zero-order chi connectivity index (χ0) is 10.8. The third-order valence-corrected chi connectivity index (χ3v) is 2.54. The number of carbonyl (C=O) groups is 1. The molecule has 14 heavy (non-hydrogen) atoms. The van der Waals surface area contributed by atoms with Gasteiger partial charge in [0, 0.05) is 6.61 Å². The Morgan fingerprint density at radius 1 is 1.43 bits per heavy atom. The normalized spacial score (nSPS) is 27.7. The molecule has 1 aliphatic rings. The van der Waals surface area contributed by atoms with Crippen molar-refractivity contribution >= 4 is 5.97 Å². The first-order chi connectivity index (χ1) is 6.42. The van der Waals surface area contributed by atoms with Gasteiger partial charge in [0.1, 0.15) is 5.60 Å². The van der Waals surface area contributed by atoms with E-state index in [0.29, 0.717) is 5.92 Å². The van der Waals surface area contributed by atoms with Crippen LogP contribution < -0.4 is 0 Å². The minimum absolute atomic E-state index is 0.00590. The summed E-state index contributed by atoms with van der Waals surface area (Å²) in [5, 5.41) is 8.95. The number of carbonyl (C=O) groups excluding carboxylic acids is 1. The summed E-state index contributed by atoms with van der Waals surface area (Å²) in [5.74, 6) is 0.201. The van der Waals surface area contributed by atoms with Gasteiger partial charge in [-0.1, -0.05) is 0 Å². The molecular weight excluding hydrogens is 180 g/mol. The minimum atomic E-state index is -0.394. The van der Waals surface area contributed by atoms with Crippen molar-refractivity contribution in [1.29, 1.82) is 0 Å². The number of hydrogen-bond acceptors (Lipinski definition) is 3. The summed E-state index contributed by atoms with van der Waals surface area (Å²) in [6.07, 6.45) is 2.59. The van der Waals surface area contributed by atoms with Gasteiger partial charge in [0.15, 0.2) is 0 Å². The Labute approximate surface area is 85.5 Å². The van der Waals surface area contributed by atoms with E-state index < -0.39 is 5.60 Å². The highest BCUT2D eigenvalue weighted by molar-refractivity contribution is 5.73. The molecule has 1 saturated carbocycles. The van der Waals surface area contributed by atoms with Gasteiger partial charge in [-0.2, -0.15) is 0 Å². The zero-order valence-corrected chi connectivity index (χ0v) is 9.25. The van der Waals surface area contributed by atoms with Gasteiger partial charge in [-0.15, -0.1) is 0 Å². The Kier molecular flexibility index (Phi) is 3.53. The van der Waals surface area contributed by atoms with Crippen LogP contribution in [0.4, 0.5) is 0 Å². The van der Waals surface area contributed by atoms with Gasteiger partial charge in [-0.3, -0.25) is 4.79 Å². The molecule has 0 aliphatic heterocycles. The van der Waals surface area contributed by atoms with Crippen molar-refractivity contribution in [3.8, 4) is 0 Å². The third kappa shape index (κ3) is 3.29. The smallest absolute Gasteiger partial charge is 0.309 e. The standard InChI is InChI=1S/C11H20O3/c1-11(2,3)14-10(13)9-5-4-8(6-9)7-12/h8-9,12H,4-7H2,1-3H3/t8-,9-/m0/s1. The van der Waals surface area contributed by atoms with Crippen LogP contribution in [0.1, 0.15) is 40.0 Å². The molecular formula is C11H20O3. The number of aliphatic hydroxyl groups is 1. The van der Waals surface area contributed by atoms with Crippen LogP contribution in [0.25, 0.3) is 0 Å². The van der Waals surface area contributed by atoms with Crippen molar-refractivity contribution in [3.63, 3.8) is 0 Å². The molecule has 0 unspecified atom stereocenters. The van der Waals surface area contributed by atoms with E-state index in [1.54, 1.807) is 0 Å². The highest BCUT2D eigenvalue weighted by atomic mass is 16.6. The van der Waals surface area contributed by atoms with Crippen LogP contribution in [0.2, 0.25) is 0 Å². The molecule has 0 bridgehead atoms. The molecule has 3 heteroatoms. The molecule has 0 aromatic carbocycles. The summed E-state index contributed by atoms with van der Waals surface area (Å²) < 4.78 is 5.29. The van der Waals surface area contributed by atoms with E-state index >= 15 is 0 Å². The molecule has 1 rings (SSSR count). The highest BCUT2D eigenvalue weighted by Crippen LogP contribution is 2.32. The molecule has 0 spiro atoms. The summed E-state index contributed by atoms with van der Waals surface area (Å²) in [7, 11) is 0. The summed E-state index contributed by atoms with van der Waals surface area (Å²) >= 11 is 0. The van der Waals surface area contributed by atoms with Gasteiger partial charge >= 0.3 is 5.97 Å². The van der Waals surface area contributed by atoms with Crippen molar-refractivity contribution in [3.05, 3.63) is 0 Å². The van der Waals surface area contributed by atoms with Gasteiger partial charge in [0.2, 0.25) is 0 Å². The van der Waals surface area contributed by atoms with Crippen LogP contribution in [0, 0.1) is 11.8 Å². The average Bonchev–Trinajstić information content (AvgIpc) is 2.48. The van der Waals surface area contributed by atoms with Crippen molar-refractivity contribution in [2.45, 2.75) is 45.6 Å². The van der Waals surface area contributed by atoms with Crippen molar-refractivity contribution in [1.82, 2.24) is 0 Å². The Balaban J connectivity index is 2.40. The lowest BCUT2D eigenvalue weighted by molar-refractivity contribution is -0.159. The second kappa shape index (κ2) is 4.30. The average molecular weight is 200 g/mol. The monoisotopic (exact) mass is 200 g/mol. The molecule has 1 N–H and O–H groups in total. The van der Waals surface area contributed by atoms with E-state index in [9.17, 15) is 4.79 Å². The van der Waals surface area contributed by atoms with Crippen LogP contribution in [0.3, 0.4) is 0 Å². The number of hydrogen-bond donors (Lipinski definition) is 1. The lowest BCUT2D eigenvalue weighted by atomic mass is 10.1. The van der Waals surface area contributed by atoms with E-state index in [2.05, 4.69) is 0 Å². The first kappa shape index (κ1) is 11.5. The predicted molar refractivity (Wildman–Crippen MR) is 53.8 cm³/mol. The number of aliphatic hydroxyl groups excluding tert-OH is 1. The Morgan fingerprint density at radius 3 is 2.50 bits per heavy atom. The molecule has 0 amide bonds. The maximum atomic E-state index is 11.6. The van der Waals surface area contributed by atoms with Crippen LogP contribution in [0.15, 0.2) is 0 Å². The third-order valence-electron chi connectivity index (χ3n) is 2.54. The molecule has 0 aromatic heterocycles. The number of rotatable bonds is 2. The highest BCUT2D eigenvalue weighted by Gasteiger charge is 2.32. The Morgan fingerprint density at radius 2 is 2.07 bits per heavy atom. The van der Waals surface area contributed by atoms with Gasteiger partial charge in [0.05, 0.1) is 5.92 Å². The van der Waals surface area contributed by atoms with Crippen LogP contribution in [-0.4, -0.2) is 23.3 Å². The molecule has 0 aromatic rings. The van der Waals surface area contributed by atoms with E-state index in [4.69, 9.17) is 9.84 Å². The fraction of sp³-hybridized carbons (Fsp3) is 0.909. The lowest BCUT2D eigenvalue weighted by Crippen LogP contribution is -2.27. The largest absolute Gasteiger partial charge is 0.460 e. The van der Waals surface area contributed by atoms with Crippen molar-refractivity contribution < 1.29 is 14.6 Å². The van der Waals surface area contributed by atoms with E-state index in [1.165, 1.54) is 0 Å². The number of ether oxygens (including phenoxy) is 1. The molecule has 0 saturated heterocycles. The predicted octanol–water partition coefficient (Wildman–Crippen LogP) is 1.74. The van der Waals surface area contributed by atoms with E-state index in [0.717, 1.165) is 19.3 Å². The molecule has 0 heterocycles. The Hall–Kier alpha value is -0.570. The molecule has 3 nitrogen and oxygen atoms in total. The van der Waals surface area contributed by atoms with Crippen molar-refractivity contribution in [2.24, 2.45) is 11.8 Å². The minimum Gasteiger partial charge on any atom is -0.460 e. The van der Waals surface area contributed by atoms with Crippen LogP contribution in [0.5, 0.6) is 0 Å². The molecule has 1 fully saturated rings. The summed E-state index contributed by atoms with van der Waals surface area (Å²) in [4.78, 5) is 11.6. The first-order valence-electron chi connectivity index (χ1n) is 5.26. The van der Waals surface area contributed by atoms with E-state index in [1.807, 2.05) is 20.8 Å². The van der Waals surface area contributed by atoms with E-state index in [-0.39, 0.29) is 18.5 Å². The molecule has 0 radical (unpaired) electrons. The lowest BCUT2D eigenvalue weighted by Gasteiger charge is -2.22. The van der Waals surface area contributed by atoms with Gasteiger partial charge in [0.25, 0.3) is 0 Å². The Bertz CT molecular complexity index is 205. The molecule has 82 valence electrons. The molecule has 1 aliphatic carbocycles. The van der Waals surface area contributed by atoms with Crippen LogP contribution in [-0.2, 0) is 9.53 Å². The SMILES string of the molecule is CC(C)(C)OC(=O)[C@H]1CC[C@H](CO)C1. The molecule has 2 atom stereocenters. The zero-order valence-electron chi connectivity index (χ0n) is 9.25. The first-order valence-corrected chi connectivity index (χ1v) is 5.26. The number of esters is 1. The van der Waals surface area contributed by atoms with Gasteiger partial charge in [-0.05, 0) is 46.0 Å². The quantitative estimate of drug-likeness (QED) is 0.691. The fourth-order valence-electron chi connectivity index (χ4n) is 1.84. The maximum absolute atomic E-state index is 11.6. The second-order valence-electron chi connectivity index (χ2n) is 5.09. The van der Waals surface area contributed by atoms with Crippen molar-refractivity contribution in [2.75, 3.05) is 6.61 Å². The summed E-state index contributed by atoms with van der Waals surface area (Å²) in [6, 6.07) is 0. The fourth-order valence-corrected chi connectivity index (χ4v) is 1.84.